The van der Waals surface area contributed by atoms with Gasteiger partial charge < -0.3 is 5.73 Å². The molecule has 0 saturated carbocycles. The molecule has 2 atom stereocenters. The summed E-state index contributed by atoms with van der Waals surface area (Å²) in [6.07, 6.45) is 0.649. The molecule has 1 aliphatic heterocycles. The number of rotatable bonds is 3. The highest BCUT2D eigenvalue weighted by Gasteiger charge is 2.29. The first-order valence-corrected chi connectivity index (χ1v) is 9.05. The van der Waals surface area contributed by atoms with Crippen LogP contribution in [0.15, 0.2) is 24.3 Å². The van der Waals surface area contributed by atoms with E-state index in [9.17, 15) is 8.42 Å². The second-order valence-electron chi connectivity index (χ2n) is 5.37. The van der Waals surface area contributed by atoms with E-state index in [0.717, 1.165) is 12.1 Å². The van der Waals surface area contributed by atoms with Gasteiger partial charge in [-0.2, -0.15) is 0 Å². The van der Waals surface area contributed by atoms with E-state index < -0.39 is 9.84 Å². The van der Waals surface area contributed by atoms with Crippen LogP contribution in [0.3, 0.4) is 0 Å². The Labute approximate surface area is 125 Å². The van der Waals surface area contributed by atoms with Gasteiger partial charge in [-0.15, -0.1) is 0 Å². The Kier molecular flexibility index (Phi) is 5.07. The smallest absolute Gasteiger partial charge is 0.151 e. The van der Waals surface area contributed by atoms with Crippen molar-refractivity contribution < 1.29 is 8.42 Å². The summed E-state index contributed by atoms with van der Waals surface area (Å²) in [4.78, 5) is 2.15. The van der Waals surface area contributed by atoms with E-state index in [-0.39, 0.29) is 23.6 Å². The van der Waals surface area contributed by atoms with E-state index >= 15 is 0 Å². The molecule has 1 aliphatic rings. The number of nitrogens with two attached hydrogens (primary N) is 1. The van der Waals surface area contributed by atoms with Gasteiger partial charge in [-0.05, 0) is 31.5 Å². The van der Waals surface area contributed by atoms with Crippen molar-refractivity contribution in [2.24, 2.45) is 5.73 Å². The summed E-state index contributed by atoms with van der Waals surface area (Å²) in [6, 6.07) is 7.48. The third-order valence-corrected chi connectivity index (χ3v) is 5.76. The first-order valence-electron chi connectivity index (χ1n) is 6.85. The van der Waals surface area contributed by atoms with Crippen LogP contribution in [-0.2, 0) is 9.84 Å². The molecule has 6 heteroatoms. The lowest BCUT2D eigenvalue weighted by atomic mass is 9.99. The van der Waals surface area contributed by atoms with Gasteiger partial charge in [0, 0.05) is 17.6 Å². The van der Waals surface area contributed by atoms with E-state index in [4.69, 9.17) is 17.3 Å². The molecule has 0 aliphatic carbocycles. The minimum absolute atomic E-state index is 0.0444. The summed E-state index contributed by atoms with van der Waals surface area (Å²) in [7, 11) is -2.92. The summed E-state index contributed by atoms with van der Waals surface area (Å²) < 4.78 is 23.5. The molecule has 1 aromatic rings. The maximum Gasteiger partial charge on any atom is 0.151 e. The molecule has 1 saturated heterocycles. The van der Waals surface area contributed by atoms with E-state index in [0.29, 0.717) is 18.0 Å². The fourth-order valence-electron chi connectivity index (χ4n) is 2.76. The lowest BCUT2D eigenvalue weighted by Gasteiger charge is -2.34. The predicted molar refractivity (Wildman–Crippen MR) is 82.7 cm³/mol. The Balaban J connectivity index is 2.28. The number of sulfone groups is 1. The van der Waals surface area contributed by atoms with Crippen LogP contribution in [0, 0.1) is 0 Å². The van der Waals surface area contributed by atoms with E-state index in [2.05, 4.69) is 4.90 Å². The van der Waals surface area contributed by atoms with Crippen LogP contribution in [0.5, 0.6) is 0 Å². The Morgan fingerprint density at radius 1 is 1.25 bits per heavy atom. The molecule has 1 heterocycles. The van der Waals surface area contributed by atoms with Crippen LogP contribution >= 0.6 is 11.6 Å². The van der Waals surface area contributed by atoms with Gasteiger partial charge in [-0.25, -0.2) is 8.42 Å². The van der Waals surface area contributed by atoms with Crippen molar-refractivity contribution in [2.75, 3.05) is 24.6 Å². The first-order chi connectivity index (χ1) is 9.41. The fourth-order valence-corrected chi connectivity index (χ4v) is 4.30. The van der Waals surface area contributed by atoms with Gasteiger partial charge in [0.1, 0.15) is 0 Å². The van der Waals surface area contributed by atoms with Crippen molar-refractivity contribution in [2.45, 2.75) is 25.4 Å². The summed E-state index contributed by atoms with van der Waals surface area (Å²) >= 11 is 6.28. The Hall–Kier alpha value is -0.620. The summed E-state index contributed by atoms with van der Waals surface area (Å²) in [5, 5.41) is 0.682. The van der Waals surface area contributed by atoms with Crippen LogP contribution in [0.1, 0.15) is 24.9 Å². The molecule has 0 aromatic heterocycles. The highest BCUT2D eigenvalue weighted by atomic mass is 35.5. The SMILES string of the molecule is CC(N)C(c1ccccc1Cl)N1CCCS(=O)(=O)CC1. The van der Waals surface area contributed by atoms with Crippen molar-refractivity contribution in [1.29, 1.82) is 0 Å². The third kappa shape index (κ3) is 3.73. The minimum Gasteiger partial charge on any atom is -0.326 e. The molecule has 2 unspecified atom stereocenters. The average molecular weight is 317 g/mol. The number of hydrogen-bond donors (Lipinski definition) is 1. The predicted octanol–water partition coefficient (Wildman–Crippen LogP) is 1.85. The maximum absolute atomic E-state index is 11.7. The number of hydrogen-bond acceptors (Lipinski definition) is 4. The Bertz CT molecular complexity index is 560. The quantitative estimate of drug-likeness (QED) is 0.924. The lowest BCUT2D eigenvalue weighted by Crippen LogP contribution is -2.41. The minimum atomic E-state index is -2.92. The van der Waals surface area contributed by atoms with Gasteiger partial charge in [0.2, 0.25) is 0 Å². The summed E-state index contributed by atoms with van der Waals surface area (Å²) in [5.74, 6) is 0.457. The van der Waals surface area contributed by atoms with Crippen molar-refractivity contribution in [3.63, 3.8) is 0 Å². The van der Waals surface area contributed by atoms with Gasteiger partial charge in [0.05, 0.1) is 17.5 Å². The molecule has 4 nitrogen and oxygen atoms in total. The first kappa shape index (κ1) is 15.8. The highest BCUT2D eigenvalue weighted by Crippen LogP contribution is 2.30. The third-order valence-electron chi connectivity index (χ3n) is 3.71. The van der Waals surface area contributed by atoms with Gasteiger partial charge in [-0.3, -0.25) is 4.90 Å². The molecule has 2 rings (SSSR count). The molecule has 1 fully saturated rings. The Morgan fingerprint density at radius 2 is 1.95 bits per heavy atom. The van der Waals surface area contributed by atoms with Crippen molar-refractivity contribution in [3.05, 3.63) is 34.9 Å². The second-order valence-corrected chi connectivity index (χ2v) is 8.08. The number of halogens is 1. The second kappa shape index (κ2) is 6.43. The van der Waals surface area contributed by atoms with Crippen molar-refractivity contribution in [1.82, 2.24) is 4.90 Å². The monoisotopic (exact) mass is 316 g/mol. The van der Waals surface area contributed by atoms with Gasteiger partial charge in [0.25, 0.3) is 0 Å². The summed E-state index contributed by atoms with van der Waals surface area (Å²) in [5.41, 5.74) is 7.11. The normalized spacial score (nSPS) is 22.9. The van der Waals surface area contributed by atoms with Crippen LogP contribution in [0.2, 0.25) is 5.02 Å². The molecule has 2 N–H and O–H groups in total. The topological polar surface area (TPSA) is 63.4 Å². The zero-order valence-corrected chi connectivity index (χ0v) is 13.2. The van der Waals surface area contributed by atoms with E-state index in [1.165, 1.54) is 0 Å². The van der Waals surface area contributed by atoms with Crippen LogP contribution in [-0.4, -0.2) is 44.0 Å². The molecule has 1 aromatic carbocycles. The van der Waals surface area contributed by atoms with Crippen LogP contribution in [0.4, 0.5) is 0 Å². The van der Waals surface area contributed by atoms with Crippen molar-refractivity contribution >= 4 is 21.4 Å². The van der Waals surface area contributed by atoms with Gasteiger partial charge >= 0.3 is 0 Å². The highest BCUT2D eigenvalue weighted by molar-refractivity contribution is 7.91. The van der Waals surface area contributed by atoms with Gasteiger partial charge in [-0.1, -0.05) is 29.8 Å². The molecule has 112 valence electrons. The molecular formula is C14H21ClN2O2S. The zero-order chi connectivity index (χ0) is 14.8. The standard InChI is InChI=1S/C14H21ClN2O2S/c1-11(16)14(12-5-2-3-6-13(12)15)17-7-4-9-20(18,19)10-8-17/h2-3,5-6,11,14H,4,7-10,16H2,1H3. The number of benzene rings is 1. The molecule has 0 bridgehead atoms. The summed E-state index contributed by atoms with van der Waals surface area (Å²) in [6.45, 7) is 3.18. The van der Waals surface area contributed by atoms with Crippen LogP contribution < -0.4 is 5.73 Å². The van der Waals surface area contributed by atoms with Gasteiger partial charge in [0.15, 0.2) is 9.84 Å². The molecule has 0 amide bonds. The lowest BCUT2D eigenvalue weighted by molar-refractivity contribution is 0.190. The van der Waals surface area contributed by atoms with E-state index in [1.807, 2.05) is 31.2 Å². The van der Waals surface area contributed by atoms with Crippen molar-refractivity contribution in [3.8, 4) is 0 Å². The molecular weight excluding hydrogens is 296 g/mol. The fraction of sp³-hybridized carbons (Fsp3) is 0.571. The van der Waals surface area contributed by atoms with E-state index in [1.54, 1.807) is 0 Å². The Morgan fingerprint density at radius 3 is 2.60 bits per heavy atom. The van der Waals surface area contributed by atoms with Crippen LogP contribution in [0.25, 0.3) is 0 Å². The zero-order valence-electron chi connectivity index (χ0n) is 11.6. The average Bonchev–Trinajstić information content (AvgIpc) is 2.53. The molecule has 0 radical (unpaired) electrons. The molecule has 0 spiro atoms. The molecule has 20 heavy (non-hydrogen) atoms. The maximum atomic E-state index is 11.7. The number of nitrogens with zero attached hydrogens (tertiary/aromatic N) is 1. The largest absolute Gasteiger partial charge is 0.326 e.